The molecule has 1 N–H and O–H groups in total. The van der Waals surface area contributed by atoms with E-state index in [-0.39, 0.29) is 18.5 Å². The third-order valence-corrected chi connectivity index (χ3v) is 5.20. The minimum Gasteiger partial charge on any atom is -0.493 e. The molecule has 1 aliphatic heterocycles. The van der Waals surface area contributed by atoms with Crippen LogP contribution in [0.25, 0.3) is 0 Å². The average molecular weight is 452 g/mol. The second-order valence-corrected chi connectivity index (χ2v) is 7.84. The number of benzene rings is 2. The minimum absolute atomic E-state index is 0.0495. The third-order valence-electron chi connectivity index (χ3n) is 5.20. The molecular formula is C24H25FN4O4. The molecule has 0 fully saturated rings. The van der Waals surface area contributed by atoms with Crippen LogP contribution in [0.3, 0.4) is 0 Å². The molecule has 2 heterocycles. The van der Waals surface area contributed by atoms with Crippen LogP contribution in [0.4, 0.5) is 10.3 Å². The average Bonchev–Trinajstić information content (AvgIpc) is 3.25. The monoisotopic (exact) mass is 452 g/mol. The van der Waals surface area contributed by atoms with E-state index in [2.05, 4.69) is 15.4 Å². The van der Waals surface area contributed by atoms with Crippen LogP contribution in [0.1, 0.15) is 37.9 Å². The fourth-order valence-electron chi connectivity index (χ4n) is 3.69. The Bertz CT molecular complexity index is 1200. The van der Waals surface area contributed by atoms with E-state index < -0.39 is 12.0 Å². The normalized spacial score (nSPS) is 15.2. The van der Waals surface area contributed by atoms with Crippen LogP contribution in [0, 0.1) is 5.82 Å². The van der Waals surface area contributed by atoms with Crippen molar-refractivity contribution in [3.05, 3.63) is 77.0 Å². The molecule has 1 unspecified atom stereocenters. The highest BCUT2D eigenvalue weighted by Gasteiger charge is 2.35. The first-order valence-electron chi connectivity index (χ1n) is 10.5. The standard InChI is InChI=1S/C24H25FN4O4/c1-14(2)33-23(30)21-15(3)28-24-26-13-27-29(24)22(21)16-9-10-19(20(11-16)31-4)32-12-17-7-5-6-8-18(17)25/h5-11,13-14,22H,12H2,1-4H3,(H,26,27,28). The predicted molar refractivity (Wildman–Crippen MR) is 119 cm³/mol. The maximum atomic E-state index is 14.0. The highest BCUT2D eigenvalue weighted by atomic mass is 19.1. The molecule has 8 nitrogen and oxygen atoms in total. The summed E-state index contributed by atoms with van der Waals surface area (Å²) in [5.41, 5.74) is 2.22. The molecular weight excluding hydrogens is 427 g/mol. The maximum Gasteiger partial charge on any atom is 0.338 e. The molecule has 1 aromatic heterocycles. The number of methoxy groups -OCH3 is 1. The fraction of sp³-hybridized carbons (Fsp3) is 0.292. The number of carbonyl (C=O) groups excluding carboxylic acids is 1. The van der Waals surface area contributed by atoms with Gasteiger partial charge in [-0.1, -0.05) is 24.3 Å². The van der Waals surface area contributed by atoms with E-state index in [1.165, 1.54) is 19.5 Å². The van der Waals surface area contributed by atoms with Crippen molar-refractivity contribution in [3.8, 4) is 11.5 Å². The SMILES string of the molecule is COc1cc(C2C(C(=O)OC(C)C)=C(C)Nc3ncnn32)ccc1OCc1ccccc1F. The van der Waals surface area contributed by atoms with Crippen molar-refractivity contribution in [1.29, 1.82) is 0 Å². The molecule has 9 heteroatoms. The minimum atomic E-state index is -0.579. The zero-order chi connectivity index (χ0) is 23.5. The van der Waals surface area contributed by atoms with Gasteiger partial charge in [-0.2, -0.15) is 10.1 Å². The molecule has 172 valence electrons. The largest absolute Gasteiger partial charge is 0.493 e. The molecule has 4 rings (SSSR count). The number of esters is 1. The lowest BCUT2D eigenvalue weighted by Gasteiger charge is -2.29. The molecule has 0 spiro atoms. The van der Waals surface area contributed by atoms with E-state index in [4.69, 9.17) is 14.2 Å². The Balaban J connectivity index is 1.69. The van der Waals surface area contributed by atoms with Gasteiger partial charge >= 0.3 is 5.97 Å². The van der Waals surface area contributed by atoms with Crippen LogP contribution >= 0.6 is 0 Å². The summed E-state index contributed by atoms with van der Waals surface area (Å²) in [5, 5.41) is 7.42. The van der Waals surface area contributed by atoms with E-state index >= 15 is 0 Å². The van der Waals surface area contributed by atoms with Crippen LogP contribution < -0.4 is 14.8 Å². The number of fused-ring (bicyclic) bond motifs is 1. The molecule has 1 aliphatic rings. The molecule has 2 aromatic carbocycles. The van der Waals surface area contributed by atoms with Gasteiger partial charge in [0.25, 0.3) is 0 Å². The van der Waals surface area contributed by atoms with Crippen molar-refractivity contribution in [2.24, 2.45) is 0 Å². The molecule has 0 amide bonds. The number of hydrogen-bond donors (Lipinski definition) is 1. The van der Waals surface area contributed by atoms with Gasteiger partial charge in [0.15, 0.2) is 11.5 Å². The third kappa shape index (κ3) is 4.52. The molecule has 33 heavy (non-hydrogen) atoms. The number of anilines is 1. The molecule has 0 bridgehead atoms. The summed E-state index contributed by atoms with van der Waals surface area (Å²) in [6.45, 7) is 5.44. The van der Waals surface area contributed by atoms with Gasteiger partial charge in [0.2, 0.25) is 5.95 Å². The summed E-state index contributed by atoms with van der Waals surface area (Å²) in [6.07, 6.45) is 1.14. The van der Waals surface area contributed by atoms with Crippen LogP contribution in [0.2, 0.25) is 0 Å². The summed E-state index contributed by atoms with van der Waals surface area (Å²) in [6, 6.07) is 11.2. The number of nitrogens with zero attached hydrogens (tertiary/aromatic N) is 3. The number of carbonyl (C=O) groups is 1. The lowest BCUT2D eigenvalue weighted by Crippen LogP contribution is -2.30. The number of hydrogen-bond acceptors (Lipinski definition) is 7. The van der Waals surface area contributed by atoms with Crippen molar-refractivity contribution < 1.29 is 23.4 Å². The van der Waals surface area contributed by atoms with E-state index in [0.29, 0.717) is 34.3 Å². The predicted octanol–water partition coefficient (Wildman–Crippen LogP) is 4.25. The topological polar surface area (TPSA) is 87.5 Å². The molecule has 1 atom stereocenters. The highest BCUT2D eigenvalue weighted by Crippen LogP contribution is 2.39. The number of halogens is 1. The second kappa shape index (κ2) is 9.32. The number of nitrogens with one attached hydrogen (secondary N) is 1. The first-order chi connectivity index (χ1) is 15.9. The van der Waals surface area contributed by atoms with Crippen molar-refractivity contribution in [1.82, 2.24) is 14.8 Å². The number of aromatic nitrogens is 3. The summed E-state index contributed by atoms with van der Waals surface area (Å²) < 4.78 is 32.4. The van der Waals surface area contributed by atoms with Gasteiger partial charge in [0.05, 0.1) is 18.8 Å². The molecule has 0 saturated heterocycles. The summed E-state index contributed by atoms with van der Waals surface area (Å²) in [7, 11) is 1.52. The van der Waals surface area contributed by atoms with E-state index in [0.717, 1.165) is 5.56 Å². The maximum absolute atomic E-state index is 14.0. The van der Waals surface area contributed by atoms with Gasteiger partial charge in [0, 0.05) is 11.3 Å². The lowest BCUT2D eigenvalue weighted by molar-refractivity contribution is -0.143. The van der Waals surface area contributed by atoms with Gasteiger partial charge in [-0.15, -0.1) is 0 Å². The quantitative estimate of drug-likeness (QED) is 0.537. The van der Waals surface area contributed by atoms with Crippen LogP contribution in [-0.4, -0.2) is 33.9 Å². The van der Waals surface area contributed by atoms with E-state index in [1.807, 2.05) is 6.07 Å². The Morgan fingerprint density at radius 2 is 2.00 bits per heavy atom. The molecule has 3 aromatic rings. The number of ether oxygens (including phenoxy) is 3. The fourth-order valence-corrected chi connectivity index (χ4v) is 3.69. The van der Waals surface area contributed by atoms with Crippen molar-refractivity contribution in [2.45, 2.75) is 39.5 Å². The van der Waals surface area contributed by atoms with Crippen LogP contribution in [-0.2, 0) is 16.1 Å². The van der Waals surface area contributed by atoms with Crippen molar-refractivity contribution >= 4 is 11.9 Å². The Morgan fingerprint density at radius 3 is 2.73 bits per heavy atom. The molecule has 0 saturated carbocycles. The van der Waals surface area contributed by atoms with Crippen LogP contribution in [0.15, 0.2) is 60.1 Å². The van der Waals surface area contributed by atoms with Gasteiger partial charge in [-0.3, -0.25) is 0 Å². The smallest absolute Gasteiger partial charge is 0.338 e. The Morgan fingerprint density at radius 1 is 1.21 bits per heavy atom. The number of allylic oxidation sites excluding steroid dienone is 1. The molecule has 0 aliphatic carbocycles. The van der Waals surface area contributed by atoms with Gasteiger partial charge in [0.1, 0.15) is 24.8 Å². The second-order valence-electron chi connectivity index (χ2n) is 7.84. The van der Waals surface area contributed by atoms with Crippen molar-refractivity contribution in [3.63, 3.8) is 0 Å². The van der Waals surface area contributed by atoms with Gasteiger partial charge < -0.3 is 19.5 Å². The summed E-state index contributed by atoms with van der Waals surface area (Å²) >= 11 is 0. The zero-order valence-electron chi connectivity index (χ0n) is 18.8. The van der Waals surface area contributed by atoms with Gasteiger partial charge in [-0.05, 0) is 44.5 Å². The molecule has 0 radical (unpaired) electrons. The van der Waals surface area contributed by atoms with Crippen molar-refractivity contribution in [2.75, 3.05) is 12.4 Å². The van der Waals surface area contributed by atoms with E-state index in [1.54, 1.807) is 55.8 Å². The Hall–Kier alpha value is -3.88. The number of rotatable bonds is 7. The Labute approximate surface area is 191 Å². The van der Waals surface area contributed by atoms with E-state index in [9.17, 15) is 9.18 Å². The summed E-state index contributed by atoms with van der Waals surface area (Å²) in [4.78, 5) is 17.2. The first-order valence-corrected chi connectivity index (χ1v) is 10.5. The van der Waals surface area contributed by atoms with Crippen LogP contribution in [0.5, 0.6) is 11.5 Å². The summed E-state index contributed by atoms with van der Waals surface area (Å²) in [5.74, 6) is 0.621. The Kier molecular flexibility index (Phi) is 6.30. The van der Waals surface area contributed by atoms with Gasteiger partial charge in [-0.25, -0.2) is 13.9 Å². The highest BCUT2D eigenvalue weighted by molar-refractivity contribution is 5.92. The first kappa shape index (κ1) is 22.3. The zero-order valence-corrected chi connectivity index (χ0v) is 18.8. The lowest BCUT2D eigenvalue weighted by atomic mass is 9.95.